The summed E-state index contributed by atoms with van der Waals surface area (Å²) in [7, 11) is 0. The third-order valence-corrected chi connectivity index (χ3v) is 6.72. The Morgan fingerprint density at radius 2 is 1.21 bits per heavy atom. The molecule has 0 N–H and O–H groups in total. The molecule has 0 fully saturated rings. The van der Waals surface area contributed by atoms with Crippen LogP contribution in [0.4, 0.5) is 0 Å². The van der Waals surface area contributed by atoms with Crippen molar-refractivity contribution in [2.45, 2.75) is 24.7 Å². The van der Waals surface area contributed by atoms with Gasteiger partial charge in [0.15, 0.2) is 0 Å². The van der Waals surface area contributed by atoms with Crippen LogP contribution in [-0.2, 0) is 30.9 Å². The maximum absolute atomic E-state index is 4.80. The summed E-state index contributed by atoms with van der Waals surface area (Å²) in [6, 6.07) is 32.1. The number of aromatic nitrogens is 1. The second kappa shape index (κ2) is 6.23. The predicted octanol–water partition coefficient (Wildman–Crippen LogP) is 5.88. The summed E-state index contributed by atoms with van der Waals surface area (Å²) in [4.78, 5) is 4.80. The Morgan fingerprint density at radius 3 is 1.86 bits per heavy atom. The average molecular weight is 551 g/mol. The van der Waals surface area contributed by atoms with Gasteiger partial charge in [0.25, 0.3) is 0 Å². The van der Waals surface area contributed by atoms with Gasteiger partial charge in [-0.05, 0) is 34.0 Å². The van der Waals surface area contributed by atoms with Crippen LogP contribution in [0.3, 0.4) is 0 Å². The van der Waals surface area contributed by atoms with E-state index in [1.807, 2.05) is 12.3 Å². The number of rotatable bonds is 0. The monoisotopic (exact) mass is 551 g/mol. The first kappa shape index (κ1) is 18.5. The van der Waals surface area contributed by atoms with Crippen LogP contribution in [0.25, 0.3) is 11.3 Å². The minimum atomic E-state index is -0.334. The smallest absolute Gasteiger partial charge is 0.0307 e. The number of fused-ring (bicyclic) bond motifs is 9. The zero-order valence-corrected chi connectivity index (χ0v) is 18.8. The summed E-state index contributed by atoms with van der Waals surface area (Å²) in [6.07, 6.45) is 1.90. The van der Waals surface area contributed by atoms with Crippen LogP contribution in [0.5, 0.6) is 0 Å². The maximum Gasteiger partial charge on any atom is 0.0307 e. The summed E-state index contributed by atoms with van der Waals surface area (Å²) < 4.78 is 0. The summed E-state index contributed by atoms with van der Waals surface area (Å²) in [6.45, 7) is 4.68. The molecule has 2 aliphatic carbocycles. The molecule has 0 unspecified atom stereocenters. The van der Waals surface area contributed by atoms with Crippen LogP contribution in [0.1, 0.15) is 47.2 Å². The predicted molar refractivity (Wildman–Crippen MR) is 113 cm³/mol. The first-order chi connectivity index (χ1) is 13.7. The fourth-order valence-electron chi connectivity index (χ4n) is 5.58. The van der Waals surface area contributed by atoms with Crippen molar-refractivity contribution in [2.24, 2.45) is 0 Å². The molecule has 1 nitrogen and oxygen atoms in total. The van der Waals surface area contributed by atoms with Gasteiger partial charge in [-0.25, -0.2) is 0 Å². The maximum atomic E-state index is 4.80. The first-order valence-corrected chi connectivity index (χ1v) is 9.84. The summed E-state index contributed by atoms with van der Waals surface area (Å²) in [5.74, 6) is 0. The molecule has 0 saturated heterocycles. The molecule has 1 spiro atoms. The Bertz CT molecular complexity index is 1160. The van der Waals surface area contributed by atoms with Crippen LogP contribution in [0.15, 0.2) is 85.1 Å². The first-order valence-electron chi connectivity index (χ1n) is 9.84. The van der Waals surface area contributed by atoms with Crippen molar-refractivity contribution in [3.8, 4) is 11.3 Å². The van der Waals surface area contributed by atoms with Crippen molar-refractivity contribution in [1.29, 1.82) is 0 Å². The molecule has 1 heterocycles. The molecule has 2 aliphatic rings. The Balaban J connectivity index is 0.00000181. The minimum Gasteiger partial charge on any atom is -0.304 e. The molecule has 3 aromatic carbocycles. The second-order valence-corrected chi connectivity index (χ2v) is 8.32. The van der Waals surface area contributed by atoms with Gasteiger partial charge in [-0.2, -0.15) is 0 Å². The molecular formula is C27H20IrN-. The molecule has 29 heavy (non-hydrogen) atoms. The van der Waals surface area contributed by atoms with Gasteiger partial charge in [-0.3, -0.25) is 0 Å². The average Bonchev–Trinajstić information content (AvgIpc) is 3.04. The van der Waals surface area contributed by atoms with Crippen molar-refractivity contribution >= 4 is 0 Å². The van der Waals surface area contributed by atoms with Crippen LogP contribution >= 0.6 is 0 Å². The molecule has 4 aromatic rings. The van der Waals surface area contributed by atoms with Crippen molar-refractivity contribution in [3.63, 3.8) is 0 Å². The molecule has 0 amide bonds. The van der Waals surface area contributed by atoms with Crippen molar-refractivity contribution < 1.29 is 20.1 Å². The van der Waals surface area contributed by atoms with E-state index in [4.69, 9.17) is 4.98 Å². The topological polar surface area (TPSA) is 12.9 Å². The third-order valence-electron chi connectivity index (χ3n) is 6.72. The van der Waals surface area contributed by atoms with Crippen LogP contribution in [0, 0.1) is 6.07 Å². The molecule has 6 rings (SSSR count). The Hall–Kier alpha value is -2.54. The molecule has 0 bridgehead atoms. The van der Waals surface area contributed by atoms with Gasteiger partial charge >= 0.3 is 0 Å². The van der Waals surface area contributed by atoms with Gasteiger partial charge in [0, 0.05) is 37.1 Å². The molecular weight excluding hydrogens is 531 g/mol. The Kier molecular flexibility index (Phi) is 3.97. The standard InChI is InChI=1S/C27H20N.Ir/c1-26(2)20-12-5-7-14-22(20)27(23-15-8-6-13-21(23)26)19-11-4-3-10-18(19)25-24(27)16-9-17-28-25;/h3-9,11-17H,1-2H3;/q-1;. The normalized spacial score (nSPS) is 16.2. The zero-order valence-electron chi connectivity index (χ0n) is 16.4. The molecule has 1 radical (unpaired) electrons. The van der Waals surface area contributed by atoms with Crippen LogP contribution < -0.4 is 0 Å². The van der Waals surface area contributed by atoms with Crippen LogP contribution in [0.2, 0.25) is 0 Å². The zero-order chi connectivity index (χ0) is 18.9. The van der Waals surface area contributed by atoms with Gasteiger partial charge < -0.3 is 4.98 Å². The van der Waals surface area contributed by atoms with Gasteiger partial charge in [-0.15, -0.1) is 35.4 Å². The number of pyridine rings is 1. The fraction of sp³-hybridized carbons (Fsp3) is 0.148. The van der Waals surface area contributed by atoms with E-state index < -0.39 is 0 Å². The van der Waals surface area contributed by atoms with E-state index in [0.29, 0.717) is 0 Å². The number of nitrogens with zero attached hydrogens (tertiary/aromatic N) is 1. The molecule has 2 heteroatoms. The van der Waals surface area contributed by atoms with E-state index in [-0.39, 0.29) is 30.9 Å². The molecule has 0 atom stereocenters. The summed E-state index contributed by atoms with van der Waals surface area (Å²) in [5.41, 5.74) is 9.87. The third kappa shape index (κ3) is 2.11. The molecule has 143 valence electrons. The largest absolute Gasteiger partial charge is 0.304 e. The molecule has 0 aliphatic heterocycles. The fourth-order valence-corrected chi connectivity index (χ4v) is 5.58. The van der Waals surface area contributed by atoms with E-state index in [0.717, 1.165) is 11.3 Å². The van der Waals surface area contributed by atoms with Crippen molar-refractivity contribution in [3.05, 3.63) is 125 Å². The summed E-state index contributed by atoms with van der Waals surface area (Å²) in [5, 5.41) is 0. The number of hydrogen-bond donors (Lipinski definition) is 0. The quantitative estimate of drug-likeness (QED) is 0.220. The van der Waals surface area contributed by atoms with E-state index >= 15 is 0 Å². The van der Waals surface area contributed by atoms with Gasteiger partial charge in [0.05, 0.1) is 0 Å². The van der Waals surface area contributed by atoms with E-state index in [2.05, 4.69) is 92.7 Å². The van der Waals surface area contributed by atoms with Gasteiger partial charge in [0.1, 0.15) is 0 Å². The summed E-state index contributed by atoms with van der Waals surface area (Å²) >= 11 is 0. The molecule has 1 aromatic heterocycles. The molecule has 0 saturated carbocycles. The number of hydrogen-bond acceptors (Lipinski definition) is 1. The van der Waals surface area contributed by atoms with Crippen LogP contribution in [-0.4, -0.2) is 4.98 Å². The van der Waals surface area contributed by atoms with Crippen molar-refractivity contribution in [1.82, 2.24) is 4.98 Å². The van der Waals surface area contributed by atoms with Gasteiger partial charge in [0.2, 0.25) is 0 Å². The Labute approximate surface area is 185 Å². The van der Waals surface area contributed by atoms with Crippen molar-refractivity contribution in [2.75, 3.05) is 0 Å². The minimum absolute atomic E-state index is 0. The Morgan fingerprint density at radius 1 is 0.655 bits per heavy atom. The van der Waals surface area contributed by atoms with E-state index in [1.54, 1.807) is 0 Å². The SMILES string of the molecule is CC1(C)c2ccccc2C2(c3ccc[c-]c3-c3ncccc32)c2ccccc21.[Ir]. The van der Waals surface area contributed by atoms with E-state index in [1.165, 1.54) is 33.4 Å². The van der Waals surface area contributed by atoms with E-state index in [9.17, 15) is 0 Å². The second-order valence-electron chi connectivity index (χ2n) is 8.32. The number of benzene rings is 3. The van der Waals surface area contributed by atoms with Gasteiger partial charge in [-0.1, -0.05) is 74.0 Å².